The highest BCUT2D eigenvalue weighted by Gasteiger charge is 2.46. The van der Waals surface area contributed by atoms with Crippen LogP contribution in [0.2, 0.25) is 0 Å². The van der Waals surface area contributed by atoms with Gasteiger partial charge in [0.25, 0.3) is 0 Å². The minimum Gasteiger partial charge on any atom is -0.342 e. The maximum atomic E-state index is 13.0. The number of halogens is 3. The van der Waals surface area contributed by atoms with Crippen molar-refractivity contribution in [2.75, 3.05) is 7.05 Å². The molecule has 5 heteroatoms. The van der Waals surface area contributed by atoms with Crippen molar-refractivity contribution in [1.82, 2.24) is 4.90 Å². The van der Waals surface area contributed by atoms with Gasteiger partial charge in [0.05, 0.1) is 5.56 Å². The smallest absolute Gasteiger partial charge is 0.342 e. The molecular weight excluding hydrogens is 351 g/mol. The number of hydrogen-bond acceptors (Lipinski definition) is 1. The molecule has 0 spiro atoms. The topological polar surface area (TPSA) is 20.3 Å². The van der Waals surface area contributed by atoms with Crippen LogP contribution in [0.4, 0.5) is 13.2 Å². The molecule has 1 heterocycles. The Morgan fingerprint density at radius 3 is 2.56 bits per heavy atom. The van der Waals surface area contributed by atoms with E-state index in [2.05, 4.69) is 13.0 Å². The van der Waals surface area contributed by atoms with Crippen molar-refractivity contribution < 1.29 is 18.0 Å². The molecule has 2 nitrogen and oxygen atoms in total. The van der Waals surface area contributed by atoms with E-state index in [0.717, 1.165) is 30.9 Å². The van der Waals surface area contributed by atoms with Gasteiger partial charge in [0.2, 0.25) is 5.91 Å². The zero-order chi connectivity index (χ0) is 19.4. The Hall–Kier alpha value is -2.30. The predicted molar refractivity (Wildman–Crippen MR) is 98.3 cm³/mol. The summed E-state index contributed by atoms with van der Waals surface area (Å²) in [5, 5.41) is 0. The van der Waals surface area contributed by atoms with Crippen LogP contribution in [-0.2, 0) is 22.8 Å². The molecule has 1 amide bonds. The summed E-state index contributed by atoms with van der Waals surface area (Å²) in [4.78, 5) is 14.0. The standard InChI is InChI=1S/C22H22F3NO/c1-21-11-10-20(27)26(2)19(21)9-7-16-12-15(6-8-18(16)21)14-4-3-5-17(13-14)22(23,24)25/h3-6,8,12-13,19H,7,9-11H2,1-2H3/t19-,21-/m1/s1. The third-order valence-electron chi connectivity index (χ3n) is 6.39. The van der Waals surface area contributed by atoms with E-state index in [1.807, 2.05) is 24.1 Å². The number of carbonyl (C=O) groups is 1. The van der Waals surface area contributed by atoms with E-state index in [9.17, 15) is 18.0 Å². The summed E-state index contributed by atoms with van der Waals surface area (Å²) >= 11 is 0. The van der Waals surface area contributed by atoms with E-state index in [0.29, 0.717) is 12.0 Å². The molecule has 0 unspecified atom stereocenters. The molecule has 2 aliphatic rings. The largest absolute Gasteiger partial charge is 0.416 e. The molecule has 0 aromatic heterocycles. The average molecular weight is 373 g/mol. The summed E-state index contributed by atoms with van der Waals surface area (Å²) < 4.78 is 39.1. The summed E-state index contributed by atoms with van der Waals surface area (Å²) in [6, 6.07) is 11.7. The molecule has 1 aliphatic heterocycles. The Kier molecular flexibility index (Phi) is 4.09. The molecular formula is C22H22F3NO. The monoisotopic (exact) mass is 373 g/mol. The molecule has 0 saturated carbocycles. The normalized spacial score (nSPS) is 25.1. The third kappa shape index (κ3) is 2.93. The van der Waals surface area contributed by atoms with Crippen LogP contribution in [0.5, 0.6) is 0 Å². The molecule has 0 radical (unpaired) electrons. The number of piperidine rings is 1. The Labute approximate surface area is 157 Å². The second-order valence-corrected chi connectivity index (χ2v) is 7.93. The van der Waals surface area contributed by atoms with Crippen molar-refractivity contribution in [2.45, 2.75) is 50.2 Å². The van der Waals surface area contributed by atoms with Crippen molar-refractivity contribution in [2.24, 2.45) is 0 Å². The molecule has 2 atom stereocenters. The van der Waals surface area contributed by atoms with Gasteiger partial charge in [0.1, 0.15) is 0 Å². The fourth-order valence-electron chi connectivity index (χ4n) is 4.84. The van der Waals surface area contributed by atoms with Crippen molar-refractivity contribution in [3.8, 4) is 11.1 Å². The number of benzene rings is 2. The predicted octanol–water partition coefficient (Wildman–Crippen LogP) is 5.20. The van der Waals surface area contributed by atoms with Gasteiger partial charge in [-0.05, 0) is 53.6 Å². The lowest BCUT2D eigenvalue weighted by molar-refractivity contribution is -0.138. The summed E-state index contributed by atoms with van der Waals surface area (Å²) in [5.74, 6) is 0.196. The highest BCUT2D eigenvalue weighted by atomic mass is 19.4. The van der Waals surface area contributed by atoms with Gasteiger partial charge in [0, 0.05) is 24.9 Å². The Bertz CT molecular complexity index is 905. The highest BCUT2D eigenvalue weighted by Crippen LogP contribution is 2.46. The van der Waals surface area contributed by atoms with E-state index in [1.165, 1.54) is 23.3 Å². The maximum absolute atomic E-state index is 13.0. The minimum atomic E-state index is -4.34. The van der Waals surface area contributed by atoms with Crippen LogP contribution in [0.1, 0.15) is 42.9 Å². The molecule has 1 aliphatic carbocycles. The minimum absolute atomic E-state index is 0.0947. The molecule has 1 saturated heterocycles. The van der Waals surface area contributed by atoms with Gasteiger partial charge < -0.3 is 4.90 Å². The zero-order valence-corrected chi connectivity index (χ0v) is 15.4. The first-order chi connectivity index (χ1) is 12.7. The van der Waals surface area contributed by atoms with Gasteiger partial charge in [-0.25, -0.2) is 0 Å². The van der Waals surface area contributed by atoms with E-state index >= 15 is 0 Å². The zero-order valence-electron chi connectivity index (χ0n) is 15.4. The first kappa shape index (κ1) is 18.1. The number of likely N-dealkylation sites (tertiary alicyclic amines) is 1. The number of likely N-dealkylation sites (N-methyl/N-ethyl adjacent to an activating group) is 1. The first-order valence-corrected chi connectivity index (χ1v) is 9.27. The van der Waals surface area contributed by atoms with Gasteiger partial charge in [-0.1, -0.05) is 37.3 Å². The van der Waals surface area contributed by atoms with Crippen molar-refractivity contribution in [1.29, 1.82) is 0 Å². The van der Waals surface area contributed by atoms with Crippen LogP contribution in [-0.4, -0.2) is 23.9 Å². The van der Waals surface area contributed by atoms with Crippen LogP contribution >= 0.6 is 0 Å². The van der Waals surface area contributed by atoms with Gasteiger partial charge in [-0.15, -0.1) is 0 Å². The lowest BCUT2D eigenvalue weighted by Crippen LogP contribution is -2.56. The van der Waals surface area contributed by atoms with Gasteiger partial charge in [-0.3, -0.25) is 4.79 Å². The van der Waals surface area contributed by atoms with E-state index in [4.69, 9.17) is 0 Å². The molecule has 2 aromatic carbocycles. The molecule has 0 N–H and O–H groups in total. The highest BCUT2D eigenvalue weighted by molar-refractivity contribution is 5.78. The Morgan fingerprint density at radius 1 is 1.07 bits per heavy atom. The molecule has 1 fully saturated rings. The quantitative estimate of drug-likeness (QED) is 0.673. The van der Waals surface area contributed by atoms with Crippen molar-refractivity contribution >= 4 is 5.91 Å². The van der Waals surface area contributed by atoms with Crippen molar-refractivity contribution in [3.05, 3.63) is 59.2 Å². The van der Waals surface area contributed by atoms with Gasteiger partial charge >= 0.3 is 6.18 Å². The molecule has 142 valence electrons. The summed E-state index contributed by atoms with van der Waals surface area (Å²) in [6.07, 6.45) is -1.27. The average Bonchev–Trinajstić information content (AvgIpc) is 2.64. The summed E-state index contributed by atoms with van der Waals surface area (Å²) in [6.45, 7) is 2.21. The number of nitrogens with zero attached hydrogens (tertiary/aromatic N) is 1. The van der Waals surface area contributed by atoms with E-state index < -0.39 is 11.7 Å². The van der Waals surface area contributed by atoms with Gasteiger partial charge in [-0.2, -0.15) is 13.2 Å². The van der Waals surface area contributed by atoms with Crippen LogP contribution < -0.4 is 0 Å². The summed E-state index contributed by atoms with van der Waals surface area (Å²) in [7, 11) is 1.88. The van der Waals surface area contributed by atoms with Crippen LogP contribution in [0, 0.1) is 0 Å². The fraction of sp³-hybridized carbons (Fsp3) is 0.409. The number of alkyl halides is 3. The molecule has 2 aromatic rings. The third-order valence-corrected chi connectivity index (χ3v) is 6.39. The second kappa shape index (κ2) is 6.11. The summed E-state index contributed by atoms with van der Waals surface area (Å²) in [5.41, 5.74) is 3.08. The lowest BCUT2D eigenvalue weighted by atomic mass is 9.63. The Balaban J connectivity index is 1.73. The maximum Gasteiger partial charge on any atom is 0.416 e. The van der Waals surface area contributed by atoms with Crippen LogP contribution in [0.15, 0.2) is 42.5 Å². The lowest BCUT2D eigenvalue weighted by Gasteiger charge is -2.50. The number of rotatable bonds is 1. The fourth-order valence-corrected chi connectivity index (χ4v) is 4.84. The Morgan fingerprint density at radius 2 is 1.81 bits per heavy atom. The second-order valence-electron chi connectivity index (χ2n) is 7.93. The van der Waals surface area contributed by atoms with Gasteiger partial charge in [0.15, 0.2) is 0 Å². The van der Waals surface area contributed by atoms with Crippen LogP contribution in [0.3, 0.4) is 0 Å². The number of aryl methyl sites for hydroxylation is 1. The first-order valence-electron chi connectivity index (χ1n) is 9.27. The number of carbonyl (C=O) groups excluding carboxylic acids is 1. The number of amides is 1. The number of hydrogen-bond donors (Lipinski definition) is 0. The van der Waals surface area contributed by atoms with E-state index in [-0.39, 0.29) is 17.4 Å². The molecule has 27 heavy (non-hydrogen) atoms. The van der Waals surface area contributed by atoms with E-state index in [1.54, 1.807) is 6.07 Å². The molecule has 4 rings (SSSR count). The number of fused-ring (bicyclic) bond motifs is 3. The SMILES string of the molecule is CN1C(=O)CC[C@]2(C)c3ccc(-c4cccc(C(F)(F)F)c4)cc3CC[C@@H]12. The van der Waals surface area contributed by atoms with Crippen molar-refractivity contribution in [3.63, 3.8) is 0 Å². The molecule has 0 bridgehead atoms. The van der Waals surface area contributed by atoms with Crippen LogP contribution in [0.25, 0.3) is 11.1 Å².